The molecule has 1 rings (SSSR count). The number of rotatable bonds is 4. The molecular weight excluding hydrogens is 194 g/mol. The van der Waals surface area contributed by atoms with Crippen molar-refractivity contribution >= 4 is 5.97 Å². The normalized spacial score (nSPS) is 27.7. The number of aliphatic hydroxyl groups is 1. The lowest BCUT2D eigenvalue weighted by Gasteiger charge is -2.46. The van der Waals surface area contributed by atoms with Gasteiger partial charge in [-0.1, -0.05) is 13.8 Å². The summed E-state index contributed by atoms with van der Waals surface area (Å²) in [6.07, 6.45) is 2.34. The Morgan fingerprint density at radius 2 is 2.07 bits per heavy atom. The SMILES string of the molecule is CCC(O)(CC)C1(C(=O)O)CCCNC1. The molecule has 3 N–H and O–H groups in total. The van der Waals surface area contributed by atoms with Gasteiger partial charge in [0.05, 0.1) is 5.60 Å². The van der Waals surface area contributed by atoms with Crippen LogP contribution in [0.4, 0.5) is 0 Å². The zero-order valence-electron chi connectivity index (χ0n) is 9.55. The zero-order valence-corrected chi connectivity index (χ0v) is 9.55. The Morgan fingerprint density at radius 1 is 1.47 bits per heavy atom. The lowest BCUT2D eigenvalue weighted by atomic mass is 9.65. The van der Waals surface area contributed by atoms with Crippen LogP contribution in [0, 0.1) is 5.41 Å². The topological polar surface area (TPSA) is 69.6 Å². The van der Waals surface area contributed by atoms with Crippen molar-refractivity contribution in [2.45, 2.75) is 45.1 Å². The average molecular weight is 215 g/mol. The van der Waals surface area contributed by atoms with E-state index in [9.17, 15) is 15.0 Å². The molecule has 1 saturated heterocycles. The highest BCUT2D eigenvalue weighted by Gasteiger charge is 2.54. The molecule has 0 saturated carbocycles. The summed E-state index contributed by atoms with van der Waals surface area (Å²) in [6, 6.07) is 0. The van der Waals surface area contributed by atoms with Gasteiger partial charge >= 0.3 is 5.97 Å². The Morgan fingerprint density at radius 3 is 2.40 bits per heavy atom. The summed E-state index contributed by atoms with van der Waals surface area (Å²) in [4.78, 5) is 11.4. The second-order valence-corrected chi connectivity index (χ2v) is 4.41. The lowest BCUT2D eigenvalue weighted by Crippen LogP contribution is -2.60. The highest BCUT2D eigenvalue weighted by atomic mass is 16.4. The van der Waals surface area contributed by atoms with E-state index in [-0.39, 0.29) is 0 Å². The summed E-state index contributed by atoms with van der Waals surface area (Å²) >= 11 is 0. The molecule has 1 unspecified atom stereocenters. The molecule has 1 fully saturated rings. The number of carbonyl (C=O) groups is 1. The standard InChI is InChI=1S/C11H21NO3/c1-3-11(15,4-2)10(9(13)14)6-5-7-12-8-10/h12,15H,3-8H2,1-2H3,(H,13,14). The van der Waals surface area contributed by atoms with Crippen LogP contribution in [-0.2, 0) is 4.79 Å². The van der Waals surface area contributed by atoms with E-state index in [0.717, 1.165) is 13.0 Å². The molecule has 4 heteroatoms. The van der Waals surface area contributed by atoms with Crippen LogP contribution in [0.2, 0.25) is 0 Å². The molecule has 0 aromatic heterocycles. The average Bonchev–Trinajstić information content (AvgIpc) is 2.28. The first kappa shape index (κ1) is 12.5. The Hall–Kier alpha value is -0.610. The van der Waals surface area contributed by atoms with E-state index in [2.05, 4.69) is 5.32 Å². The van der Waals surface area contributed by atoms with Crippen molar-refractivity contribution in [3.63, 3.8) is 0 Å². The van der Waals surface area contributed by atoms with E-state index in [1.165, 1.54) is 0 Å². The first-order chi connectivity index (χ1) is 7.02. The van der Waals surface area contributed by atoms with Crippen LogP contribution in [0.25, 0.3) is 0 Å². The fourth-order valence-corrected chi connectivity index (χ4v) is 2.61. The lowest BCUT2D eigenvalue weighted by molar-refractivity contribution is -0.174. The molecule has 0 spiro atoms. The molecule has 0 aromatic rings. The van der Waals surface area contributed by atoms with Crippen molar-refractivity contribution in [1.82, 2.24) is 5.32 Å². The van der Waals surface area contributed by atoms with Gasteiger partial charge in [0.2, 0.25) is 0 Å². The molecule has 1 atom stereocenters. The monoisotopic (exact) mass is 215 g/mol. The second-order valence-electron chi connectivity index (χ2n) is 4.41. The summed E-state index contributed by atoms with van der Waals surface area (Å²) in [5, 5.41) is 22.9. The highest BCUT2D eigenvalue weighted by Crippen LogP contribution is 2.42. The van der Waals surface area contributed by atoms with Crippen LogP contribution >= 0.6 is 0 Å². The van der Waals surface area contributed by atoms with Crippen molar-refractivity contribution in [3.05, 3.63) is 0 Å². The summed E-state index contributed by atoms with van der Waals surface area (Å²) in [7, 11) is 0. The van der Waals surface area contributed by atoms with E-state index < -0.39 is 17.0 Å². The molecule has 0 bridgehead atoms. The van der Waals surface area contributed by atoms with E-state index in [1.54, 1.807) is 0 Å². The first-order valence-corrected chi connectivity index (χ1v) is 5.69. The van der Waals surface area contributed by atoms with Crippen LogP contribution in [0.1, 0.15) is 39.5 Å². The van der Waals surface area contributed by atoms with E-state index >= 15 is 0 Å². The summed E-state index contributed by atoms with van der Waals surface area (Å²) < 4.78 is 0. The molecule has 0 amide bonds. The molecule has 0 aromatic carbocycles. The number of carboxylic acids is 1. The number of hydrogen-bond acceptors (Lipinski definition) is 3. The van der Waals surface area contributed by atoms with Gasteiger partial charge in [-0.15, -0.1) is 0 Å². The quantitative estimate of drug-likeness (QED) is 0.654. The molecule has 88 valence electrons. The summed E-state index contributed by atoms with van der Waals surface area (Å²) in [5.74, 6) is -0.874. The third-order valence-electron chi connectivity index (χ3n) is 3.85. The molecule has 4 nitrogen and oxygen atoms in total. The van der Waals surface area contributed by atoms with Crippen molar-refractivity contribution in [1.29, 1.82) is 0 Å². The van der Waals surface area contributed by atoms with E-state index in [1.807, 2.05) is 13.8 Å². The van der Waals surface area contributed by atoms with E-state index in [0.29, 0.717) is 25.8 Å². The van der Waals surface area contributed by atoms with E-state index in [4.69, 9.17) is 0 Å². The zero-order chi connectivity index (χ0) is 11.5. The molecule has 0 radical (unpaired) electrons. The predicted octanol–water partition coefficient (Wildman–Crippen LogP) is 0.992. The maximum atomic E-state index is 11.4. The highest BCUT2D eigenvalue weighted by molar-refractivity contribution is 5.77. The fraction of sp³-hybridized carbons (Fsp3) is 0.909. The van der Waals surface area contributed by atoms with Gasteiger partial charge in [-0.05, 0) is 32.2 Å². The van der Waals surface area contributed by atoms with Gasteiger partial charge in [0.1, 0.15) is 5.41 Å². The molecular formula is C11H21NO3. The number of nitrogens with one attached hydrogen (secondary N) is 1. The van der Waals surface area contributed by atoms with Crippen molar-refractivity contribution < 1.29 is 15.0 Å². The Labute approximate surface area is 90.7 Å². The number of hydrogen-bond donors (Lipinski definition) is 3. The van der Waals surface area contributed by atoms with Crippen LogP contribution in [-0.4, -0.2) is 34.9 Å². The summed E-state index contributed by atoms with van der Waals surface area (Å²) in [6.45, 7) is 4.92. The van der Waals surface area contributed by atoms with Crippen LogP contribution < -0.4 is 5.32 Å². The van der Waals surface area contributed by atoms with Gasteiger partial charge in [-0.3, -0.25) is 4.79 Å². The van der Waals surface area contributed by atoms with Gasteiger partial charge < -0.3 is 15.5 Å². The minimum absolute atomic E-state index is 0.376. The number of piperidine rings is 1. The molecule has 1 heterocycles. The van der Waals surface area contributed by atoms with Crippen molar-refractivity contribution in [2.24, 2.45) is 5.41 Å². The van der Waals surface area contributed by atoms with Gasteiger partial charge in [0.15, 0.2) is 0 Å². The maximum Gasteiger partial charge on any atom is 0.313 e. The molecule has 1 aliphatic rings. The summed E-state index contributed by atoms with van der Waals surface area (Å²) in [5.41, 5.74) is -2.10. The maximum absolute atomic E-state index is 11.4. The van der Waals surface area contributed by atoms with Gasteiger partial charge in [-0.25, -0.2) is 0 Å². The first-order valence-electron chi connectivity index (χ1n) is 5.69. The van der Waals surface area contributed by atoms with Gasteiger partial charge in [0, 0.05) is 6.54 Å². The van der Waals surface area contributed by atoms with Crippen LogP contribution in [0.3, 0.4) is 0 Å². The Bertz CT molecular complexity index is 230. The number of aliphatic carboxylic acids is 1. The fourth-order valence-electron chi connectivity index (χ4n) is 2.61. The predicted molar refractivity (Wildman–Crippen MR) is 57.7 cm³/mol. The van der Waals surface area contributed by atoms with Crippen LogP contribution in [0.5, 0.6) is 0 Å². The smallest absolute Gasteiger partial charge is 0.313 e. The second kappa shape index (κ2) is 4.49. The van der Waals surface area contributed by atoms with Crippen molar-refractivity contribution in [3.8, 4) is 0 Å². The van der Waals surface area contributed by atoms with Gasteiger partial charge in [0.25, 0.3) is 0 Å². The van der Waals surface area contributed by atoms with Crippen molar-refractivity contribution in [2.75, 3.05) is 13.1 Å². The molecule has 15 heavy (non-hydrogen) atoms. The Kier molecular flexibility index (Phi) is 3.73. The minimum Gasteiger partial charge on any atom is -0.481 e. The third-order valence-corrected chi connectivity index (χ3v) is 3.85. The third kappa shape index (κ3) is 1.88. The Balaban J connectivity index is 3.03. The minimum atomic E-state index is -1.09. The van der Waals surface area contributed by atoms with Crippen LogP contribution in [0.15, 0.2) is 0 Å². The number of carboxylic acid groups (broad SMARTS) is 1. The largest absolute Gasteiger partial charge is 0.481 e. The molecule has 1 aliphatic heterocycles. The molecule has 0 aliphatic carbocycles. The van der Waals surface area contributed by atoms with Gasteiger partial charge in [-0.2, -0.15) is 0 Å².